The van der Waals surface area contributed by atoms with Gasteiger partial charge in [0.2, 0.25) is 0 Å². The van der Waals surface area contributed by atoms with Crippen molar-refractivity contribution in [3.8, 4) is 17.9 Å². The molecule has 124 valence electrons. The number of hydrogen-bond acceptors (Lipinski definition) is 4. The van der Waals surface area contributed by atoms with Crippen molar-refractivity contribution in [3.05, 3.63) is 63.1 Å². The van der Waals surface area contributed by atoms with Crippen molar-refractivity contribution in [2.45, 2.75) is 0 Å². The largest absolute Gasteiger partial charge is 0.478 e. The molecular formula is C18H11BrClN3O2. The van der Waals surface area contributed by atoms with Crippen LogP contribution in [0, 0.1) is 22.7 Å². The highest BCUT2D eigenvalue weighted by Gasteiger charge is 2.10. The number of anilines is 1. The molecule has 1 amide bonds. The van der Waals surface area contributed by atoms with Crippen molar-refractivity contribution in [3.63, 3.8) is 0 Å². The van der Waals surface area contributed by atoms with Gasteiger partial charge in [-0.1, -0.05) is 17.7 Å². The average Bonchev–Trinajstić information content (AvgIpc) is 2.60. The molecule has 0 saturated heterocycles. The van der Waals surface area contributed by atoms with Gasteiger partial charge >= 0.3 is 0 Å². The van der Waals surface area contributed by atoms with Gasteiger partial charge in [-0.15, -0.1) is 0 Å². The summed E-state index contributed by atoms with van der Waals surface area (Å²) in [6, 6.07) is 15.4. The Labute approximate surface area is 158 Å². The lowest BCUT2D eigenvalue weighted by Gasteiger charge is -2.06. The molecule has 0 bridgehead atoms. The zero-order chi connectivity index (χ0) is 18.2. The summed E-state index contributed by atoms with van der Waals surface area (Å²) in [4.78, 5) is 12.2. The number of rotatable bonds is 5. The molecule has 2 rings (SSSR count). The molecule has 2 aromatic carbocycles. The third-order valence-corrected chi connectivity index (χ3v) is 3.90. The van der Waals surface area contributed by atoms with Crippen LogP contribution in [0.1, 0.15) is 5.56 Å². The predicted octanol–water partition coefficient (Wildman–Crippen LogP) is 4.55. The molecule has 0 spiro atoms. The van der Waals surface area contributed by atoms with Gasteiger partial charge in [-0.25, -0.2) is 0 Å². The number of nitriles is 2. The highest BCUT2D eigenvalue weighted by Crippen LogP contribution is 2.27. The second kappa shape index (κ2) is 8.89. The van der Waals surface area contributed by atoms with Gasteiger partial charge in [0.1, 0.15) is 23.5 Å². The fraction of sp³-hybridized carbons (Fsp3) is 0.0556. The van der Waals surface area contributed by atoms with Crippen LogP contribution in [0.3, 0.4) is 0 Å². The zero-order valence-electron chi connectivity index (χ0n) is 12.8. The topological polar surface area (TPSA) is 85.9 Å². The van der Waals surface area contributed by atoms with E-state index in [1.165, 1.54) is 6.08 Å². The maximum Gasteiger partial charge on any atom is 0.266 e. The number of halogens is 2. The minimum Gasteiger partial charge on any atom is -0.478 e. The Balaban J connectivity index is 2.17. The predicted molar refractivity (Wildman–Crippen MR) is 98.9 cm³/mol. The minimum atomic E-state index is -0.522. The Morgan fingerprint density at radius 1 is 1.24 bits per heavy atom. The number of nitrogens with one attached hydrogen (secondary N) is 1. The lowest BCUT2D eigenvalue weighted by molar-refractivity contribution is -0.112. The van der Waals surface area contributed by atoms with E-state index in [1.54, 1.807) is 42.5 Å². The van der Waals surface area contributed by atoms with E-state index in [2.05, 4.69) is 21.2 Å². The van der Waals surface area contributed by atoms with Gasteiger partial charge < -0.3 is 10.1 Å². The number of nitrogens with zero attached hydrogens (tertiary/aromatic N) is 2. The van der Waals surface area contributed by atoms with E-state index in [0.717, 1.165) is 0 Å². The summed E-state index contributed by atoms with van der Waals surface area (Å²) in [5.74, 6) is -0.0198. The van der Waals surface area contributed by atoms with E-state index in [1.807, 2.05) is 12.1 Å². The molecule has 0 radical (unpaired) electrons. The fourth-order valence-electron chi connectivity index (χ4n) is 1.88. The van der Waals surface area contributed by atoms with Crippen molar-refractivity contribution < 1.29 is 9.53 Å². The molecule has 0 aliphatic heterocycles. The smallest absolute Gasteiger partial charge is 0.266 e. The van der Waals surface area contributed by atoms with E-state index in [0.29, 0.717) is 26.5 Å². The SMILES string of the molecule is N#CCOc1ccc(/C=C(/C#N)C(=O)Nc2ccc(Cl)cc2)cc1Br. The Kier molecular flexibility index (Phi) is 6.59. The molecule has 0 fully saturated rings. The van der Waals surface area contributed by atoms with E-state index in [-0.39, 0.29) is 12.2 Å². The van der Waals surface area contributed by atoms with Crippen LogP contribution in [0.15, 0.2) is 52.5 Å². The Morgan fingerprint density at radius 3 is 2.56 bits per heavy atom. The van der Waals surface area contributed by atoms with Crippen LogP contribution < -0.4 is 10.1 Å². The molecule has 0 aliphatic carbocycles. The number of carbonyl (C=O) groups excluding carboxylic acids is 1. The van der Waals surface area contributed by atoms with E-state index < -0.39 is 5.91 Å². The van der Waals surface area contributed by atoms with Crippen LogP contribution in [0.4, 0.5) is 5.69 Å². The van der Waals surface area contributed by atoms with Gasteiger partial charge in [-0.05, 0) is 64.0 Å². The average molecular weight is 417 g/mol. The van der Waals surface area contributed by atoms with Crippen LogP contribution in [0.2, 0.25) is 5.02 Å². The van der Waals surface area contributed by atoms with Crippen molar-refractivity contribution in [2.75, 3.05) is 11.9 Å². The first-order valence-corrected chi connectivity index (χ1v) is 8.18. The Hall–Kier alpha value is -2.80. The lowest BCUT2D eigenvalue weighted by atomic mass is 10.1. The van der Waals surface area contributed by atoms with Crippen LogP contribution in [0.25, 0.3) is 6.08 Å². The first-order chi connectivity index (χ1) is 12.0. The summed E-state index contributed by atoms with van der Waals surface area (Å²) in [6.07, 6.45) is 1.46. The second-order valence-corrected chi connectivity index (χ2v) is 6.06. The molecule has 0 atom stereocenters. The molecule has 0 unspecified atom stereocenters. The molecule has 0 aromatic heterocycles. The lowest BCUT2D eigenvalue weighted by Crippen LogP contribution is -2.13. The normalized spacial score (nSPS) is 10.5. The van der Waals surface area contributed by atoms with Crippen LogP contribution in [-0.2, 0) is 4.79 Å². The molecule has 0 heterocycles. The van der Waals surface area contributed by atoms with Crippen LogP contribution >= 0.6 is 27.5 Å². The van der Waals surface area contributed by atoms with Gasteiger partial charge in [-0.3, -0.25) is 4.79 Å². The van der Waals surface area contributed by atoms with Gasteiger partial charge in [0.15, 0.2) is 6.61 Å². The van der Waals surface area contributed by atoms with Crippen molar-refractivity contribution >= 4 is 45.2 Å². The first-order valence-electron chi connectivity index (χ1n) is 7.01. The number of amides is 1. The molecular weight excluding hydrogens is 406 g/mol. The van der Waals surface area contributed by atoms with Gasteiger partial charge in [0.25, 0.3) is 5.91 Å². The molecule has 7 heteroatoms. The quantitative estimate of drug-likeness (QED) is 0.572. The third kappa shape index (κ3) is 5.36. The van der Waals surface area contributed by atoms with Gasteiger partial charge in [0.05, 0.1) is 4.47 Å². The summed E-state index contributed by atoms with van der Waals surface area (Å²) in [7, 11) is 0. The summed E-state index contributed by atoms with van der Waals surface area (Å²) in [6.45, 7) is -0.0687. The standard InChI is InChI=1S/C18H11BrClN3O2/c19-16-10-12(1-6-17(16)25-8-7-21)9-13(11-22)18(24)23-15-4-2-14(20)3-5-15/h1-6,9-10H,8H2,(H,23,24)/b13-9-. The molecule has 25 heavy (non-hydrogen) atoms. The van der Waals surface area contributed by atoms with Crippen molar-refractivity contribution in [1.82, 2.24) is 0 Å². The van der Waals surface area contributed by atoms with Gasteiger partial charge in [0, 0.05) is 10.7 Å². The fourth-order valence-corrected chi connectivity index (χ4v) is 2.52. The molecule has 0 aliphatic rings. The minimum absolute atomic E-state index is 0.0486. The summed E-state index contributed by atoms with van der Waals surface area (Å²) in [5.41, 5.74) is 1.13. The molecule has 0 saturated carbocycles. The maximum absolute atomic E-state index is 12.2. The third-order valence-electron chi connectivity index (χ3n) is 3.03. The number of ether oxygens (including phenoxy) is 1. The number of hydrogen-bond donors (Lipinski definition) is 1. The highest BCUT2D eigenvalue weighted by molar-refractivity contribution is 9.10. The first kappa shape index (κ1) is 18.5. The zero-order valence-corrected chi connectivity index (χ0v) is 15.1. The van der Waals surface area contributed by atoms with Crippen LogP contribution in [-0.4, -0.2) is 12.5 Å². The molecule has 1 N–H and O–H groups in total. The van der Waals surface area contributed by atoms with Gasteiger partial charge in [-0.2, -0.15) is 10.5 Å². The van der Waals surface area contributed by atoms with Crippen LogP contribution in [0.5, 0.6) is 5.75 Å². The van der Waals surface area contributed by atoms with E-state index >= 15 is 0 Å². The highest BCUT2D eigenvalue weighted by atomic mass is 79.9. The number of carbonyl (C=O) groups is 1. The summed E-state index contributed by atoms with van der Waals surface area (Å²) in [5, 5.41) is 21.0. The summed E-state index contributed by atoms with van der Waals surface area (Å²) < 4.78 is 5.84. The second-order valence-electron chi connectivity index (χ2n) is 4.77. The Bertz CT molecular complexity index is 896. The van der Waals surface area contributed by atoms with Crippen molar-refractivity contribution in [2.24, 2.45) is 0 Å². The number of benzene rings is 2. The van der Waals surface area contributed by atoms with E-state index in [9.17, 15) is 10.1 Å². The summed E-state index contributed by atoms with van der Waals surface area (Å²) >= 11 is 9.12. The van der Waals surface area contributed by atoms with Crippen molar-refractivity contribution in [1.29, 1.82) is 10.5 Å². The molecule has 2 aromatic rings. The monoisotopic (exact) mass is 415 g/mol. The molecule has 5 nitrogen and oxygen atoms in total. The maximum atomic E-state index is 12.2. The Morgan fingerprint density at radius 2 is 1.96 bits per heavy atom. The van der Waals surface area contributed by atoms with E-state index in [4.69, 9.17) is 21.6 Å².